The smallest absolute Gasteiger partial charge is 0.191 e. The van der Waals surface area contributed by atoms with Gasteiger partial charge < -0.3 is 15.4 Å². The van der Waals surface area contributed by atoms with Crippen LogP contribution >= 0.6 is 11.3 Å². The second kappa shape index (κ2) is 10.1. The van der Waals surface area contributed by atoms with E-state index in [1.807, 2.05) is 24.3 Å². The van der Waals surface area contributed by atoms with E-state index in [-0.39, 0.29) is 17.6 Å². The number of thiophene rings is 1. The molecule has 0 radical (unpaired) electrons. The Hall–Kier alpha value is -2.12. The minimum atomic E-state index is -0.356. The molecule has 29 heavy (non-hydrogen) atoms. The zero-order chi connectivity index (χ0) is 20.8. The molecule has 1 aromatic carbocycles. The zero-order valence-corrected chi connectivity index (χ0v) is 18.4. The highest BCUT2D eigenvalue weighted by Crippen LogP contribution is 2.36. The lowest BCUT2D eigenvalue weighted by atomic mass is 9.88. The number of hydrogen-bond acceptors (Lipinski definition) is 4. The summed E-state index contributed by atoms with van der Waals surface area (Å²) in [6.07, 6.45) is 2.40. The number of ether oxygens (including phenoxy) is 1. The summed E-state index contributed by atoms with van der Waals surface area (Å²) in [6.45, 7) is 3.97. The van der Waals surface area contributed by atoms with Crippen LogP contribution in [0.1, 0.15) is 42.3 Å². The van der Waals surface area contributed by atoms with Gasteiger partial charge in [0, 0.05) is 24.5 Å². The van der Waals surface area contributed by atoms with Crippen LogP contribution in [0.2, 0.25) is 0 Å². The van der Waals surface area contributed by atoms with Crippen LogP contribution < -0.4 is 15.4 Å². The zero-order valence-electron chi connectivity index (χ0n) is 17.6. The highest BCUT2D eigenvalue weighted by Gasteiger charge is 2.31. The Balaban J connectivity index is 1.61. The minimum absolute atomic E-state index is 0.0799. The number of aliphatic imine (C=N–C) groups is 1. The van der Waals surface area contributed by atoms with Gasteiger partial charge in [-0.1, -0.05) is 12.1 Å². The summed E-state index contributed by atoms with van der Waals surface area (Å²) < 4.78 is 19.0. The molecule has 7 heteroatoms. The van der Waals surface area contributed by atoms with Crippen molar-refractivity contribution in [3.8, 4) is 5.75 Å². The third-order valence-corrected chi connectivity index (χ3v) is 6.57. The maximum Gasteiger partial charge on any atom is 0.191 e. The standard InChI is InChI=1S/C22H31FN4OS/c1-15(16-9-10-19(28-4)18(23)13-16)26-22(24-2)25-14-17-7-5-11-27(3)21(17)20-8-6-12-29-20/h6,8-10,12-13,15,17,21H,5,7,11,14H2,1-4H3,(H2,24,25,26). The molecule has 1 saturated heterocycles. The van der Waals surface area contributed by atoms with Gasteiger partial charge in [-0.05, 0) is 68.4 Å². The first-order valence-corrected chi connectivity index (χ1v) is 11.0. The van der Waals surface area contributed by atoms with Gasteiger partial charge >= 0.3 is 0 Å². The van der Waals surface area contributed by atoms with Gasteiger partial charge in [0.15, 0.2) is 17.5 Å². The average Bonchev–Trinajstić information content (AvgIpc) is 3.25. The van der Waals surface area contributed by atoms with Crippen LogP contribution in [0.4, 0.5) is 4.39 Å². The number of piperidine rings is 1. The molecule has 3 unspecified atom stereocenters. The lowest BCUT2D eigenvalue weighted by Gasteiger charge is -2.39. The van der Waals surface area contributed by atoms with Crippen molar-refractivity contribution >= 4 is 17.3 Å². The maximum absolute atomic E-state index is 14.0. The van der Waals surface area contributed by atoms with E-state index in [4.69, 9.17) is 4.74 Å². The molecule has 1 aliphatic heterocycles. The number of benzene rings is 1. The van der Waals surface area contributed by atoms with E-state index in [1.54, 1.807) is 13.1 Å². The number of likely N-dealkylation sites (tertiary alicyclic amines) is 1. The molecule has 0 bridgehead atoms. The lowest BCUT2D eigenvalue weighted by molar-refractivity contribution is 0.125. The van der Waals surface area contributed by atoms with Gasteiger partial charge in [-0.2, -0.15) is 0 Å². The third-order valence-electron chi connectivity index (χ3n) is 5.63. The lowest BCUT2D eigenvalue weighted by Crippen LogP contribution is -2.45. The monoisotopic (exact) mass is 418 g/mol. The van der Waals surface area contributed by atoms with Gasteiger partial charge in [-0.15, -0.1) is 11.3 Å². The second-order valence-electron chi connectivity index (χ2n) is 7.56. The van der Waals surface area contributed by atoms with Crippen molar-refractivity contribution in [3.63, 3.8) is 0 Å². The van der Waals surface area contributed by atoms with Crippen LogP contribution in [0.25, 0.3) is 0 Å². The van der Waals surface area contributed by atoms with Gasteiger partial charge in [-0.3, -0.25) is 9.89 Å². The van der Waals surface area contributed by atoms with E-state index in [2.05, 4.69) is 45.1 Å². The molecular weight excluding hydrogens is 387 g/mol. The molecule has 0 spiro atoms. The normalized spacial score (nSPS) is 21.6. The molecule has 1 fully saturated rings. The Morgan fingerprint density at radius 3 is 2.90 bits per heavy atom. The number of guanidine groups is 1. The molecule has 3 rings (SSSR count). The van der Waals surface area contributed by atoms with Crippen molar-refractivity contribution in [1.29, 1.82) is 0 Å². The van der Waals surface area contributed by atoms with Crippen LogP contribution in [0.5, 0.6) is 5.75 Å². The molecule has 158 valence electrons. The van der Waals surface area contributed by atoms with Gasteiger partial charge in [0.2, 0.25) is 0 Å². The number of nitrogens with zero attached hydrogens (tertiary/aromatic N) is 2. The van der Waals surface area contributed by atoms with E-state index in [0.717, 1.165) is 24.6 Å². The number of rotatable bonds is 6. The van der Waals surface area contributed by atoms with Gasteiger partial charge in [0.05, 0.1) is 13.2 Å². The summed E-state index contributed by atoms with van der Waals surface area (Å²) in [5.41, 5.74) is 0.847. The molecule has 3 atom stereocenters. The summed E-state index contributed by atoms with van der Waals surface area (Å²) in [5, 5.41) is 9.01. The molecule has 2 N–H and O–H groups in total. The largest absolute Gasteiger partial charge is 0.494 e. The summed E-state index contributed by atoms with van der Waals surface area (Å²) >= 11 is 1.83. The van der Waals surface area contributed by atoms with E-state index in [9.17, 15) is 4.39 Å². The number of methoxy groups -OCH3 is 1. The van der Waals surface area contributed by atoms with Crippen molar-refractivity contribution in [2.75, 3.05) is 34.3 Å². The van der Waals surface area contributed by atoms with Crippen molar-refractivity contribution in [1.82, 2.24) is 15.5 Å². The van der Waals surface area contributed by atoms with Gasteiger partial charge in [0.25, 0.3) is 0 Å². The van der Waals surface area contributed by atoms with Crippen molar-refractivity contribution in [2.24, 2.45) is 10.9 Å². The van der Waals surface area contributed by atoms with E-state index < -0.39 is 0 Å². The van der Waals surface area contributed by atoms with Crippen LogP contribution in [0.15, 0.2) is 40.7 Å². The Bertz CT molecular complexity index is 811. The highest BCUT2D eigenvalue weighted by atomic mass is 32.1. The predicted molar refractivity (Wildman–Crippen MR) is 118 cm³/mol. The summed E-state index contributed by atoms with van der Waals surface area (Å²) in [7, 11) is 5.45. The molecule has 0 amide bonds. The highest BCUT2D eigenvalue weighted by molar-refractivity contribution is 7.10. The molecule has 0 aliphatic carbocycles. The molecule has 2 heterocycles. The molecule has 5 nitrogen and oxygen atoms in total. The first kappa shape index (κ1) is 21.6. The maximum atomic E-state index is 14.0. The summed E-state index contributed by atoms with van der Waals surface area (Å²) in [6, 6.07) is 9.75. The predicted octanol–water partition coefficient (Wildman–Crippen LogP) is 4.20. The Morgan fingerprint density at radius 1 is 1.41 bits per heavy atom. The Morgan fingerprint density at radius 2 is 2.24 bits per heavy atom. The van der Waals surface area contributed by atoms with Crippen molar-refractivity contribution in [2.45, 2.75) is 31.8 Å². The summed E-state index contributed by atoms with van der Waals surface area (Å²) in [4.78, 5) is 8.25. The van der Waals surface area contributed by atoms with Crippen LogP contribution in [0, 0.1) is 11.7 Å². The van der Waals surface area contributed by atoms with E-state index >= 15 is 0 Å². The van der Waals surface area contributed by atoms with Crippen LogP contribution in [-0.2, 0) is 0 Å². The molecule has 1 aromatic heterocycles. The Labute approximate surface area is 177 Å². The van der Waals surface area contributed by atoms with Crippen LogP contribution in [-0.4, -0.2) is 45.2 Å². The quantitative estimate of drug-likeness (QED) is 0.545. The average molecular weight is 419 g/mol. The van der Waals surface area contributed by atoms with Gasteiger partial charge in [-0.25, -0.2) is 4.39 Å². The van der Waals surface area contributed by atoms with Crippen molar-refractivity contribution < 1.29 is 9.13 Å². The fourth-order valence-corrected chi connectivity index (χ4v) is 5.03. The topological polar surface area (TPSA) is 48.9 Å². The minimum Gasteiger partial charge on any atom is -0.494 e. The number of nitrogens with one attached hydrogen (secondary N) is 2. The molecule has 0 saturated carbocycles. The molecule has 2 aromatic rings. The first-order valence-electron chi connectivity index (χ1n) is 10.1. The first-order chi connectivity index (χ1) is 14.0. The SMILES string of the molecule is CN=C(NCC1CCCN(C)C1c1cccs1)NC(C)c1ccc(OC)c(F)c1. The molecule has 1 aliphatic rings. The number of halogens is 1. The van der Waals surface area contributed by atoms with Gasteiger partial charge in [0.1, 0.15) is 0 Å². The fraction of sp³-hybridized carbons (Fsp3) is 0.500. The molecular formula is C22H31FN4OS. The fourth-order valence-electron chi connectivity index (χ4n) is 4.05. The Kier molecular flexibility index (Phi) is 7.50. The van der Waals surface area contributed by atoms with Crippen LogP contribution in [0.3, 0.4) is 0 Å². The van der Waals surface area contributed by atoms with Crippen molar-refractivity contribution in [3.05, 3.63) is 52.0 Å². The number of hydrogen-bond donors (Lipinski definition) is 2. The van der Waals surface area contributed by atoms with E-state index in [1.165, 1.54) is 30.9 Å². The second-order valence-corrected chi connectivity index (χ2v) is 8.54. The summed E-state index contributed by atoms with van der Waals surface area (Å²) in [5.74, 6) is 1.14. The van der Waals surface area contributed by atoms with E-state index in [0.29, 0.717) is 12.0 Å². The third kappa shape index (κ3) is 5.28.